The van der Waals surface area contributed by atoms with Crippen LogP contribution in [0.25, 0.3) is 0 Å². The number of thiophene rings is 1. The van der Waals surface area contributed by atoms with Crippen molar-refractivity contribution in [3.8, 4) is 5.75 Å². The Hall–Kier alpha value is -1.89. The monoisotopic (exact) mass is 462 g/mol. The van der Waals surface area contributed by atoms with Crippen LogP contribution in [0.2, 0.25) is 5.02 Å². The van der Waals surface area contributed by atoms with Gasteiger partial charge in [-0.25, -0.2) is 9.40 Å². The first-order valence-electron chi connectivity index (χ1n) is 8.41. The zero-order valence-electron chi connectivity index (χ0n) is 13.9. The Balaban J connectivity index is 1.66. The summed E-state index contributed by atoms with van der Waals surface area (Å²) >= 11 is 11.5. The average molecular weight is 464 g/mol. The summed E-state index contributed by atoms with van der Waals surface area (Å²) in [5.41, 5.74) is 2.32. The molecule has 27 heavy (non-hydrogen) atoms. The molecule has 2 unspecified atom stereocenters. The molecular formula is C20H13BrClFN2OS. The van der Waals surface area contributed by atoms with Crippen LogP contribution in [0.1, 0.15) is 34.7 Å². The fourth-order valence-corrected chi connectivity index (χ4v) is 4.94. The molecular weight excluding hydrogens is 451 g/mol. The summed E-state index contributed by atoms with van der Waals surface area (Å²) in [6.07, 6.45) is 0.0189. The molecule has 2 aliphatic rings. The van der Waals surface area contributed by atoms with Gasteiger partial charge < -0.3 is 4.74 Å². The van der Waals surface area contributed by atoms with Crippen molar-refractivity contribution in [1.82, 2.24) is 5.01 Å². The summed E-state index contributed by atoms with van der Waals surface area (Å²) < 4.78 is 21.8. The van der Waals surface area contributed by atoms with Crippen molar-refractivity contribution in [3.05, 3.63) is 85.2 Å². The Kier molecular flexibility index (Phi) is 4.22. The first-order valence-corrected chi connectivity index (χ1v) is 10.5. The predicted octanol–water partition coefficient (Wildman–Crippen LogP) is 6.55. The second-order valence-electron chi connectivity index (χ2n) is 6.41. The molecule has 0 saturated carbocycles. The van der Waals surface area contributed by atoms with E-state index in [1.807, 2.05) is 34.7 Å². The molecule has 1 aromatic heterocycles. The van der Waals surface area contributed by atoms with Gasteiger partial charge in [0.25, 0.3) is 0 Å². The van der Waals surface area contributed by atoms with Gasteiger partial charge in [-0.1, -0.05) is 39.7 Å². The zero-order chi connectivity index (χ0) is 18.5. The Bertz CT molecular complexity index is 1040. The Labute approximate surface area is 173 Å². The minimum absolute atomic E-state index is 0.0379. The molecule has 0 spiro atoms. The molecule has 0 N–H and O–H groups in total. The van der Waals surface area contributed by atoms with Crippen LogP contribution in [-0.2, 0) is 0 Å². The van der Waals surface area contributed by atoms with Gasteiger partial charge in [-0.05, 0) is 41.8 Å². The molecule has 2 aromatic carbocycles. The van der Waals surface area contributed by atoms with Crippen LogP contribution in [0.3, 0.4) is 0 Å². The maximum absolute atomic E-state index is 14.7. The van der Waals surface area contributed by atoms with Crippen molar-refractivity contribution >= 4 is 44.6 Å². The predicted molar refractivity (Wildman–Crippen MR) is 109 cm³/mol. The van der Waals surface area contributed by atoms with Crippen LogP contribution in [-0.4, -0.2) is 10.7 Å². The van der Waals surface area contributed by atoms with E-state index in [-0.39, 0.29) is 6.04 Å². The first-order chi connectivity index (χ1) is 13.1. The Morgan fingerprint density at radius 1 is 1.22 bits per heavy atom. The highest BCUT2D eigenvalue weighted by molar-refractivity contribution is 9.10. The largest absolute Gasteiger partial charge is 0.464 e. The van der Waals surface area contributed by atoms with Gasteiger partial charge in [0.2, 0.25) is 6.23 Å². The normalized spacial score (nSPS) is 20.7. The molecule has 3 nitrogen and oxygen atoms in total. The summed E-state index contributed by atoms with van der Waals surface area (Å²) in [5.74, 6) is 0.331. The molecule has 2 aliphatic heterocycles. The van der Waals surface area contributed by atoms with E-state index in [0.717, 1.165) is 32.8 Å². The van der Waals surface area contributed by atoms with Crippen molar-refractivity contribution in [3.63, 3.8) is 0 Å². The van der Waals surface area contributed by atoms with Gasteiger partial charge in [-0.15, -0.1) is 11.3 Å². The SMILES string of the molecule is Fc1cccc(Cl)c1C1Oc2ccc(Br)cc2C2CC(c3cccs3)=NN21. The minimum Gasteiger partial charge on any atom is -0.464 e. The summed E-state index contributed by atoms with van der Waals surface area (Å²) in [7, 11) is 0. The van der Waals surface area contributed by atoms with E-state index in [1.165, 1.54) is 6.07 Å². The maximum Gasteiger partial charge on any atom is 0.218 e. The highest BCUT2D eigenvalue weighted by atomic mass is 79.9. The third-order valence-corrected chi connectivity index (χ3v) is 6.55. The first kappa shape index (κ1) is 17.2. The number of hydrogen-bond acceptors (Lipinski definition) is 4. The number of hydrogen-bond donors (Lipinski definition) is 0. The van der Waals surface area contributed by atoms with Gasteiger partial charge in [0.1, 0.15) is 11.6 Å². The third-order valence-electron chi connectivity index (χ3n) is 4.80. The van der Waals surface area contributed by atoms with Gasteiger partial charge in [0, 0.05) is 16.5 Å². The highest BCUT2D eigenvalue weighted by Crippen LogP contribution is 2.49. The lowest BCUT2D eigenvalue weighted by Crippen LogP contribution is -2.34. The van der Waals surface area contributed by atoms with Crippen LogP contribution in [0.4, 0.5) is 4.39 Å². The minimum atomic E-state index is -0.713. The van der Waals surface area contributed by atoms with Gasteiger partial charge >= 0.3 is 0 Å². The van der Waals surface area contributed by atoms with Gasteiger partial charge in [-0.2, -0.15) is 5.10 Å². The Morgan fingerprint density at radius 3 is 2.89 bits per heavy atom. The van der Waals surface area contributed by atoms with Crippen molar-refractivity contribution in [2.45, 2.75) is 18.7 Å². The van der Waals surface area contributed by atoms with Gasteiger partial charge in [-0.3, -0.25) is 0 Å². The van der Waals surface area contributed by atoms with E-state index in [9.17, 15) is 4.39 Å². The van der Waals surface area contributed by atoms with E-state index in [1.54, 1.807) is 23.5 Å². The highest BCUT2D eigenvalue weighted by Gasteiger charge is 2.42. The molecule has 0 aliphatic carbocycles. The van der Waals surface area contributed by atoms with Crippen molar-refractivity contribution in [2.75, 3.05) is 0 Å². The van der Waals surface area contributed by atoms with E-state index in [2.05, 4.69) is 22.0 Å². The third kappa shape index (κ3) is 2.87. The molecule has 0 radical (unpaired) electrons. The van der Waals surface area contributed by atoms with Gasteiger partial charge in [0.15, 0.2) is 0 Å². The number of rotatable bonds is 2. The summed E-state index contributed by atoms with van der Waals surface area (Å²) in [6.45, 7) is 0. The molecule has 2 atom stereocenters. The van der Waals surface area contributed by atoms with Crippen molar-refractivity contribution in [2.24, 2.45) is 5.10 Å². The maximum atomic E-state index is 14.7. The zero-order valence-corrected chi connectivity index (χ0v) is 17.1. The fraction of sp³-hybridized carbons (Fsp3) is 0.150. The number of halogens is 3. The second-order valence-corrected chi connectivity index (χ2v) is 8.68. The average Bonchev–Trinajstić information content (AvgIpc) is 3.31. The molecule has 0 saturated heterocycles. The van der Waals surface area contributed by atoms with Crippen LogP contribution < -0.4 is 4.74 Å². The van der Waals surface area contributed by atoms with Crippen molar-refractivity contribution < 1.29 is 9.13 Å². The van der Waals surface area contributed by atoms with E-state index in [0.29, 0.717) is 10.6 Å². The van der Waals surface area contributed by atoms with E-state index >= 15 is 0 Å². The van der Waals surface area contributed by atoms with Crippen LogP contribution in [0, 0.1) is 5.82 Å². The lowest BCUT2D eigenvalue weighted by atomic mass is 9.97. The topological polar surface area (TPSA) is 24.8 Å². The number of nitrogens with zero attached hydrogens (tertiary/aromatic N) is 2. The molecule has 136 valence electrons. The number of hydrazone groups is 1. The summed E-state index contributed by atoms with van der Waals surface area (Å²) in [4.78, 5) is 1.11. The summed E-state index contributed by atoms with van der Waals surface area (Å²) in [5, 5.41) is 9.02. The molecule has 5 rings (SSSR count). The molecule has 0 amide bonds. The van der Waals surface area contributed by atoms with Crippen LogP contribution in [0.5, 0.6) is 5.75 Å². The Morgan fingerprint density at radius 2 is 2.11 bits per heavy atom. The molecule has 0 bridgehead atoms. The smallest absolute Gasteiger partial charge is 0.218 e. The van der Waals surface area contributed by atoms with Gasteiger partial charge in [0.05, 0.1) is 27.2 Å². The van der Waals surface area contributed by atoms with Crippen LogP contribution in [0.15, 0.2) is 63.5 Å². The lowest BCUT2D eigenvalue weighted by Gasteiger charge is -2.38. The van der Waals surface area contributed by atoms with E-state index < -0.39 is 12.0 Å². The molecule has 0 fully saturated rings. The standard InChI is InChI=1S/C20H13BrClFN2OS/c21-11-6-7-17-12(9-11)16-10-15(18-5-2-8-27-18)24-25(16)20(26-17)19-13(22)3-1-4-14(19)23/h1-9,16,20H,10H2. The van der Waals surface area contributed by atoms with E-state index in [4.69, 9.17) is 21.4 Å². The second kappa shape index (κ2) is 6.62. The molecule has 7 heteroatoms. The summed E-state index contributed by atoms with van der Waals surface area (Å²) in [6, 6.07) is 14.6. The lowest BCUT2D eigenvalue weighted by molar-refractivity contribution is -0.0211. The fourth-order valence-electron chi connectivity index (χ4n) is 3.59. The number of benzene rings is 2. The molecule has 3 heterocycles. The molecule has 3 aromatic rings. The van der Waals surface area contributed by atoms with Crippen LogP contribution >= 0.6 is 38.9 Å². The number of ether oxygens (including phenoxy) is 1. The number of fused-ring (bicyclic) bond motifs is 3. The quantitative estimate of drug-likeness (QED) is 0.431. The van der Waals surface area contributed by atoms with Crippen molar-refractivity contribution in [1.29, 1.82) is 0 Å².